The molecule has 0 spiro atoms. The van der Waals surface area contributed by atoms with Gasteiger partial charge in [0.1, 0.15) is 0 Å². The summed E-state index contributed by atoms with van der Waals surface area (Å²) in [6.45, 7) is 5.56. The van der Waals surface area contributed by atoms with E-state index >= 15 is 0 Å². The molecule has 1 heterocycles. The fourth-order valence-corrected chi connectivity index (χ4v) is 2.60. The van der Waals surface area contributed by atoms with Crippen molar-refractivity contribution in [1.29, 1.82) is 0 Å². The van der Waals surface area contributed by atoms with E-state index in [-0.39, 0.29) is 5.92 Å². The van der Waals surface area contributed by atoms with E-state index in [1.165, 1.54) is 4.31 Å². The highest BCUT2D eigenvalue weighted by molar-refractivity contribution is 7.87. The lowest BCUT2D eigenvalue weighted by molar-refractivity contribution is -0.122. The normalized spacial score (nSPS) is 20.0. The fraction of sp³-hybridized carbons (Fsp3) is 0.889. The number of rotatable bonds is 3. The second kappa shape index (κ2) is 5.11. The molecule has 1 saturated heterocycles. The monoisotopic (exact) mass is 249 g/mol. The van der Waals surface area contributed by atoms with E-state index in [0.717, 1.165) is 0 Å². The number of amides is 1. The van der Waals surface area contributed by atoms with Gasteiger partial charge in [0.2, 0.25) is 5.91 Å². The average molecular weight is 249 g/mol. The van der Waals surface area contributed by atoms with Crippen molar-refractivity contribution in [2.75, 3.05) is 33.2 Å². The maximum atomic E-state index is 11.8. The number of nitrogens with one attached hydrogen (secondary N) is 1. The molecule has 0 radical (unpaired) electrons. The Hall–Kier alpha value is -0.660. The maximum absolute atomic E-state index is 11.8. The highest BCUT2D eigenvalue weighted by atomic mass is 32.2. The smallest absolute Gasteiger partial charge is 0.303 e. The molecule has 0 saturated carbocycles. The minimum Gasteiger partial charge on any atom is -0.304 e. The Balaban J connectivity index is 2.61. The fourth-order valence-electron chi connectivity index (χ4n) is 1.34. The molecule has 1 fully saturated rings. The van der Waals surface area contributed by atoms with Gasteiger partial charge in [0, 0.05) is 32.1 Å². The molecule has 16 heavy (non-hydrogen) atoms. The molecule has 7 heteroatoms. The first-order valence-electron chi connectivity index (χ1n) is 5.33. The van der Waals surface area contributed by atoms with Crippen LogP contribution in [0.15, 0.2) is 0 Å². The van der Waals surface area contributed by atoms with Crippen molar-refractivity contribution in [3.63, 3.8) is 0 Å². The topological polar surface area (TPSA) is 69.7 Å². The number of carbonyl (C=O) groups is 1. The van der Waals surface area contributed by atoms with Crippen LogP contribution in [0.4, 0.5) is 0 Å². The van der Waals surface area contributed by atoms with Crippen molar-refractivity contribution in [2.24, 2.45) is 5.92 Å². The molecule has 1 N–H and O–H groups in total. The van der Waals surface area contributed by atoms with Crippen molar-refractivity contribution in [3.8, 4) is 0 Å². The number of carbonyl (C=O) groups excluding carboxylic acids is 1. The van der Waals surface area contributed by atoms with Crippen molar-refractivity contribution in [3.05, 3.63) is 0 Å². The van der Waals surface area contributed by atoms with Gasteiger partial charge in [-0.05, 0) is 7.05 Å². The third-order valence-electron chi connectivity index (χ3n) is 2.56. The standard InChI is InChI=1S/C9H19N3O3S/c1-8(2)9(13)10-16(14,15)12-6-4-11(3)5-7-12/h8H,4-7H2,1-3H3,(H,10,13). The Kier molecular flexibility index (Phi) is 4.28. The number of hydrogen-bond donors (Lipinski definition) is 1. The third kappa shape index (κ3) is 3.43. The van der Waals surface area contributed by atoms with Crippen LogP contribution in [0.5, 0.6) is 0 Å². The Morgan fingerprint density at radius 3 is 2.12 bits per heavy atom. The molecule has 1 rings (SSSR count). The zero-order valence-electron chi connectivity index (χ0n) is 9.93. The van der Waals surface area contributed by atoms with E-state index in [4.69, 9.17) is 0 Å². The molecule has 1 amide bonds. The molecule has 0 aromatic heterocycles. The summed E-state index contributed by atoms with van der Waals surface area (Å²) in [6, 6.07) is 0. The van der Waals surface area contributed by atoms with Crippen molar-refractivity contribution < 1.29 is 13.2 Å². The molecule has 0 aromatic rings. The number of nitrogens with zero attached hydrogens (tertiary/aromatic N) is 2. The SMILES string of the molecule is CC(C)C(=O)NS(=O)(=O)N1CCN(C)CC1. The molecular formula is C9H19N3O3S. The van der Waals surface area contributed by atoms with Gasteiger partial charge in [-0.15, -0.1) is 0 Å². The van der Waals surface area contributed by atoms with Gasteiger partial charge in [-0.25, -0.2) is 4.72 Å². The van der Waals surface area contributed by atoms with Gasteiger partial charge in [-0.2, -0.15) is 12.7 Å². The van der Waals surface area contributed by atoms with Gasteiger partial charge in [-0.3, -0.25) is 4.79 Å². The van der Waals surface area contributed by atoms with Gasteiger partial charge in [0.05, 0.1) is 0 Å². The summed E-state index contributed by atoms with van der Waals surface area (Å²) in [6.07, 6.45) is 0. The van der Waals surface area contributed by atoms with E-state index in [1.807, 2.05) is 7.05 Å². The van der Waals surface area contributed by atoms with Crippen LogP contribution in [0.1, 0.15) is 13.8 Å². The first kappa shape index (κ1) is 13.4. The van der Waals surface area contributed by atoms with Crippen molar-refractivity contribution in [2.45, 2.75) is 13.8 Å². The Morgan fingerprint density at radius 2 is 1.69 bits per heavy atom. The molecule has 1 aliphatic rings. The summed E-state index contributed by atoms with van der Waals surface area (Å²) in [7, 11) is -1.70. The van der Waals surface area contributed by atoms with Crippen LogP contribution in [0, 0.1) is 5.92 Å². The zero-order chi connectivity index (χ0) is 12.3. The molecule has 0 atom stereocenters. The van der Waals surface area contributed by atoms with Gasteiger partial charge >= 0.3 is 10.2 Å². The number of likely N-dealkylation sites (N-methyl/N-ethyl adjacent to an activating group) is 1. The predicted octanol–water partition coefficient (Wildman–Crippen LogP) is -0.749. The Bertz CT molecular complexity index is 345. The van der Waals surface area contributed by atoms with E-state index in [0.29, 0.717) is 26.2 Å². The quantitative estimate of drug-likeness (QED) is 0.714. The first-order chi connectivity index (χ1) is 7.33. The maximum Gasteiger partial charge on any atom is 0.303 e. The molecule has 94 valence electrons. The summed E-state index contributed by atoms with van der Waals surface area (Å²) in [4.78, 5) is 13.4. The van der Waals surface area contributed by atoms with E-state index < -0.39 is 16.1 Å². The van der Waals surface area contributed by atoms with Gasteiger partial charge < -0.3 is 4.90 Å². The summed E-state index contributed by atoms with van der Waals surface area (Å²) in [5.41, 5.74) is 0. The lowest BCUT2D eigenvalue weighted by Gasteiger charge is -2.31. The molecule has 1 aliphatic heterocycles. The minimum absolute atomic E-state index is 0.331. The van der Waals surface area contributed by atoms with E-state index in [2.05, 4.69) is 9.62 Å². The van der Waals surface area contributed by atoms with E-state index in [1.54, 1.807) is 13.8 Å². The van der Waals surface area contributed by atoms with Crippen LogP contribution < -0.4 is 4.72 Å². The van der Waals surface area contributed by atoms with Crippen LogP contribution in [0.25, 0.3) is 0 Å². The predicted molar refractivity (Wildman–Crippen MR) is 61.0 cm³/mol. The van der Waals surface area contributed by atoms with Gasteiger partial charge in [-0.1, -0.05) is 13.8 Å². The first-order valence-corrected chi connectivity index (χ1v) is 6.77. The van der Waals surface area contributed by atoms with Gasteiger partial charge in [0.25, 0.3) is 0 Å². The number of hydrogen-bond acceptors (Lipinski definition) is 4. The molecule has 6 nitrogen and oxygen atoms in total. The van der Waals surface area contributed by atoms with Crippen LogP contribution >= 0.6 is 0 Å². The molecule has 0 aliphatic carbocycles. The largest absolute Gasteiger partial charge is 0.304 e. The lowest BCUT2D eigenvalue weighted by Crippen LogP contribution is -2.52. The van der Waals surface area contributed by atoms with E-state index in [9.17, 15) is 13.2 Å². The second-order valence-electron chi connectivity index (χ2n) is 4.33. The van der Waals surface area contributed by atoms with Crippen LogP contribution in [-0.4, -0.2) is 56.8 Å². The zero-order valence-corrected chi connectivity index (χ0v) is 10.7. The third-order valence-corrected chi connectivity index (χ3v) is 4.06. The summed E-state index contributed by atoms with van der Waals surface area (Å²) < 4.78 is 27.0. The van der Waals surface area contributed by atoms with Crippen molar-refractivity contribution in [1.82, 2.24) is 13.9 Å². The second-order valence-corrected chi connectivity index (χ2v) is 6.00. The van der Waals surface area contributed by atoms with Crippen LogP contribution in [0.2, 0.25) is 0 Å². The summed E-state index contributed by atoms with van der Waals surface area (Å²) >= 11 is 0. The van der Waals surface area contributed by atoms with Gasteiger partial charge in [0.15, 0.2) is 0 Å². The summed E-state index contributed by atoms with van der Waals surface area (Å²) in [5, 5.41) is 0. The lowest BCUT2D eigenvalue weighted by atomic mass is 10.2. The van der Waals surface area contributed by atoms with Crippen LogP contribution in [0.3, 0.4) is 0 Å². The van der Waals surface area contributed by atoms with Crippen molar-refractivity contribution >= 4 is 16.1 Å². The minimum atomic E-state index is -3.64. The molecule has 0 aromatic carbocycles. The Labute approximate surface area is 96.8 Å². The summed E-state index contributed by atoms with van der Waals surface area (Å²) in [5.74, 6) is -0.791. The average Bonchev–Trinajstić information content (AvgIpc) is 2.17. The highest BCUT2D eigenvalue weighted by Crippen LogP contribution is 2.05. The Morgan fingerprint density at radius 1 is 1.19 bits per heavy atom. The highest BCUT2D eigenvalue weighted by Gasteiger charge is 2.27. The number of piperazine rings is 1. The molecule has 0 unspecified atom stereocenters. The molecular weight excluding hydrogens is 230 g/mol. The molecule has 0 bridgehead atoms. The van der Waals surface area contributed by atoms with Crippen LogP contribution in [-0.2, 0) is 15.0 Å².